The zero-order valence-electron chi connectivity index (χ0n) is 10.9. The van der Waals surface area contributed by atoms with Gasteiger partial charge in [-0.2, -0.15) is 0 Å². The summed E-state index contributed by atoms with van der Waals surface area (Å²) >= 11 is 5.90. The number of hydrogen-bond donors (Lipinski definition) is 1. The van der Waals surface area contributed by atoms with Crippen molar-refractivity contribution in [2.24, 2.45) is 10.8 Å². The van der Waals surface area contributed by atoms with Gasteiger partial charge in [-0.15, -0.1) is 11.6 Å². The van der Waals surface area contributed by atoms with Gasteiger partial charge in [-0.25, -0.2) is 13.1 Å². The number of alkyl halides is 1. The molecule has 0 bridgehead atoms. The van der Waals surface area contributed by atoms with Crippen LogP contribution in [0.4, 0.5) is 0 Å². The van der Waals surface area contributed by atoms with Crippen molar-refractivity contribution in [1.29, 1.82) is 0 Å². The highest BCUT2D eigenvalue weighted by Crippen LogP contribution is 2.38. The molecule has 0 heterocycles. The number of halogens is 1. The lowest BCUT2D eigenvalue weighted by Gasteiger charge is -2.35. The molecule has 0 spiro atoms. The summed E-state index contributed by atoms with van der Waals surface area (Å²) in [5, 5.41) is 0. The molecule has 0 rings (SSSR count). The minimum absolute atomic E-state index is 0.0322. The molecular formula is C11H24ClNO2S. The first-order valence-electron chi connectivity index (χ1n) is 5.57. The first kappa shape index (κ1) is 16.2. The molecule has 16 heavy (non-hydrogen) atoms. The Morgan fingerprint density at radius 3 is 2.06 bits per heavy atom. The lowest BCUT2D eigenvalue weighted by atomic mass is 9.74. The zero-order chi connectivity index (χ0) is 13.0. The molecule has 0 saturated carbocycles. The van der Waals surface area contributed by atoms with Crippen LogP contribution >= 0.6 is 11.6 Å². The summed E-state index contributed by atoms with van der Waals surface area (Å²) in [5.41, 5.74) is -0.254. The van der Waals surface area contributed by atoms with Crippen LogP contribution in [0.2, 0.25) is 0 Å². The third-order valence-electron chi connectivity index (χ3n) is 2.97. The normalized spacial score (nSPS) is 17.1. The maximum atomic E-state index is 11.6. The lowest BCUT2D eigenvalue weighted by molar-refractivity contribution is 0.211. The van der Waals surface area contributed by atoms with Gasteiger partial charge in [-0.3, -0.25) is 0 Å². The number of sulfonamides is 1. The SMILES string of the molecule is CCC(C)(CC(C)(C)CCl)CS(=O)(=O)NC. The van der Waals surface area contributed by atoms with E-state index in [4.69, 9.17) is 11.6 Å². The molecule has 0 aliphatic carbocycles. The Balaban J connectivity index is 4.81. The second kappa shape index (κ2) is 5.69. The molecule has 0 aromatic carbocycles. The maximum absolute atomic E-state index is 11.6. The van der Waals surface area contributed by atoms with Crippen molar-refractivity contribution in [3.63, 3.8) is 0 Å². The van der Waals surface area contributed by atoms with Crippen LogP contribution in [0.3, 0.4) is 0 Å². The summed E-state index contributed by atoms with van der Waals surface area (Å²) in [5.74, 6) is 0.704. The zero-order valence-corrected chi connectivity index (χ0v) is 12.5. The van der Waals surface area contributed by atoms with Gasteiger partial charge in [0.25, 0.3) is 0 Å². The van der Waals surface area contributed by atoms with Crippen molar-refractivity contribution < 1.29 is 8.42 Å². The van der Waals surface area contributed by atoms with Crippen LogP contribution in [0.15, 0.2) is 0 Å². The Kier molecular flexibility index (Phi) is 5.77. The molecule has 98 valence electrons. The molecule has 1 N–H and O–H groups in total. The Labute approximate surface area is 105 Å². The number of hydrogen-bond acceptors (Lipinski definition) is 2. The van der Waals surface area contributed by atoms with Crippen molar-refractivity contribution in [1.82, 2.24) is 4.72 Å². The van der Waals surface area contributed by atoms with Crippen LogP contribution in [0.25, 0.3) is 0 Å². The van der Waals surface area contributed by atoms with Gasteiger partial charge in [0.2, 0.25) is 10.0 Å². The van der Waals surface area contributed by atoms with E-state index in [-0.39, 0.29) is 16.6 Å². The summed E-state index contributed by atoms with van der Waals surface area (Å²) in [6.45, 7) is 8.17. The molecular weight excluding hydrogens is 246 g/mol. The second-order valence-corrected chi connectivity index (χ2v) is 7.80. The quantitative estimate of drug-likeness (QED) is 0.722. The van der Waals surface area contributed by atoms with E-state index in [1.54, 1.807) is 0 Å². The van der Waals surface area contributed by atoms with Gasteiger partial charge in [0.1, 0.15) is 0 Å². The van der Waals surface area contributed by atoms with Gasteiger partial charge < -0.3 is 0 Å². The molecule has 5 heteroatoms. The summed E-state index contributed by atoms with van der Waals surface area (Å²) in [7, 11) is -1.71. The molecule has 0 radical (unpaired) electrons. The fourth-order valence-corrected chi connectivity index (χ4v) is 3.47. The van der Waals surface area contributed by atoms with Gasteiger partial charge in [0.05, 0.1) is 5.75 Å². The lowest BCUT2D eigenvalue weighted by Crippen LogP contribution is -2.36. The smallest absolute Gasteiger partial charge is 0.211 e. The first-order valence-corrected chi connectivity index (χ1v) is 7.76. The largest absolute Gasteiger partial charge is 0.218 e. The molecule has 1 atom stereocenters. The van der Waals surface area contributed by atoms with E-state index in [1.807, 2.05) is 13.8 Å². The standard InChI is InChI=1S/C11H24ClNO2S/c1-6-11(4,7-10(2,3)8-12)9-16(14,15)13-5/h13H,6-9H2,1-5H3. The predicted molar refractivity (Wildman–Crippen MR) is 70.4 cm³/mol. The molecule has 0 saturated heterocycles. The number of rotatable bonds is 7. The fourth-order valence-electron chi connectivity index (χ4n) is 2.01. The summed E-state index contributed by atoms with van der Waals surface area (Å²) in [6.07, 6.45) is 1.63. The van der Waals surface area contributed by atoms with Crippen LogP contribution < -0.4 is 4.72 Å². The van der Waals surface area contributed by atoms with Crippen LogP contribution in [0, 0.1) is 10.8 Å². The van der Waals surface area contributed by atoms with Crippen molar-refractivity contribution in [2.45, 2.75) is 40.5 Å². The van der Waals surface area contributed by atoms with Crippen LogP contribution in [-0.4, -0.2) is 27.1 Å². The molecule has 0 aromatic rings. The topological polar surface area (TPSA) is 46.2 Å². The van der Waals surface area contributed by atoms with Gasteiger partial charge >= 0.3 is 0 Å². The highest BCUT2D eigenvalue weighted by molar-refractivity contribution is 7.89. The van der Waals surface area contributed by atoms with Crippen molar-refractivity contribution >= 4 is 21.6 Å². The van der Waals surface area contributed by atoms with E-state index in [0.29, 0.717) is 5.88 Å². The fraction of sp³-hybridized carbons (Fsp3) is 1.00. The molecule has 0 aliphatic rings. The van der Waals surface area contributed by atoms with Crippen molar-refractivity contribution in [2.75, 3.05) is 18.7 Å². The average molecular weight is 270 g/mol. The minimum Gasteiger partial charge on any atom is -0.218 e. The highest BCUT2D eigenvalue weighted by atomic mass is 35.5. The van der Waals surface area contributed by atoms with Gasteiger partial charge in [0.15, 0.2) is 0 Å². The molecule has 0 amide bonds. The van der Waals surface area contributed by atoms with Crippen molar-refractivity contribution in [3.05, 3.63) is 0 Å². The number of nitrogens with one attached hydrogen (secondary N) is 1. The molecule has 3 nitrogen and oxygen atoms in total. The summed E-state index contributed by atoms with van der Waals surface area (Å²) in [4.78, 5) is 0. The van der Waals surface area contributed by atoms with Gasteiger partial charge in [-0.05, 0) is 30.7 Å². The van der Waals surface area contributed by atoms with E-state index >= 15 is 0 Å². The molecule has 0 fully saturated rings. The molecule has 0 aromatic heterocycles. The van der Waals surface area contributed by atoms with Crippen molar-refractivity contribution in [3.8, 4) is 0 Å². The Hall–Kier alpha value is 0.200. The Bertz CT molecular complexity index is 314. The van der Waals surface area contributed by atoms with E-state index in [2.05, 4.69) is 18.6 Å². The molecule has 1 unspecified atom stereocenters. The van der Waals surface area contributed by atoms with Crippen LogP contribution in [0.5, 0.6) is 0 Å². The van der Waals surface area contributed by atoms with Gasteiger partial charge in [-0.1, -0.05) is 27.7 Å². The minimum atomic E-state index is -3.16. The van der Waals surface area contributed by atoms with Crippen LogP contribution in [-0.2, 0) is 10.0 Å². The van der Waals surface area contributed by atoms with E-state index in [0.717, 1.165) is 12.8 Å². The average Bonchev–Trinajstić information content (AvgIpc) is 2.16. The monoisotopic (exact) mass is 269 g/mol. The predicted octanol–water partition coefficient (Wildman–Crippen LogP) is 2.61. The first-order chi connectivity index (χ1) is 7.10. The summed E-state index contributed by atoms with van der Waals surface area (Å²) in [6, 6.07) is 0. The molecule has 0 aliphatic heterocycles. The maximum Gasteiger partial charge on any atom is 0.211 e. The summed E-state index contributed by atoms with van der Waals surface area (Å²) < 4.78 is 25.6. The second-order valence-electron chi connectivity index (χ2n) is 5.60. The third-order valence-corrected chi connectivity index (χ3v) is 5.39. The van der Waals surface area contributed by atoms with Gasteiger partial charge in [0, 0.05) is 5.88 Å². The van der Waals surface area contributed by atoms with E-state index in [1.165, 1.54) is 7.05 Å². The van der Waals surface area contributed by atoms with Crippen LogP contribution in [0.1, 0.15) is 40.5 Å². The highest BCUT2D eigenvalue weighted by Gasteiger charge is 2.34. The Morgan fingerprint density at radius 1 is 1.25 bits per heavy atom. The third kappa shape index (κ3) is 5.51. The van der Waals surface area contributed by atoms with E-state index < -0.39 is 10.0 Å². The van der Waals surface area contributed by atoms with E-state index in [9.17, 15) is 8.42 Å². The Morgan fingerprint density at radius 2 is 1.75 bits per heavy atom.